The fraction of sp³-hybridized carbons (Fsp3) is 0.217. The van der Waals surface area contributed by atoms with E-state index in [1.54, 1.807) is 0 Å². The van der Waals surface area contributed by atoms with Gasteiger partial charge in [-0.15, -0.1) is 0 Å². The first-order chi connectivity index (χ1) is 12.9. The summed E-state index contributed by atoms with van der Waals surface area (Å²) in [5.74, 6) is 1.71. The second-order valence-corrected chi connectivity index (χ2v) is 6.59. The van der Waals surface area contributed by atoms with Crippen molar-refractivity contribution in [3.63, 3.8) is 0 Å². The van der Waals surface area contributed by atoms with Crippen LogP contribution in [0, 0.1) is 0 Å². The van der Waals surface area contributed by atoms with Crippen LogP contribution in [-0.4, -0.2) is 19.6 Å². The van der Waals surface area contributed by atoms with E-state index in [-0.39, 0.29) is 0 Å². The van der Waals surface area contributed by atoms with Crippen LogP contribution in [0.2, 0.25) is 0 Å². The van der Waals surface area contributed by atoms with Gasteiger partial charge in [0.05, 0.1) is 0 Å². The Labute approximate surface area is 155 Å². The maximum atomic E-state index is 5.84. The molecule has 1 N–H and O–H groups in total. The van der Waals surface area contributed by atoms with Gasteiger partial charge < -0.3 is 15.0 Å². The summed E-state index contributed by atoms with van der Waals surface area (Å²) in [5, 5.41) is 3.52. The van der Waals surface area contributed by atoms with Crippen LogP contribution in [0.5, 0.6) is 11.5 Å². The van der Waals surface area contributed by atoms with Crippen molar-refractivity contribution in [2.24, 2.45) is 0 Å². The minimum absolute atomic E-state index is 0.853. The summed E-state index contributed by atoms with van der Waals surface area (Å²) in [4.78, 5) is 2.48. The zero-order chi connectivity index (χ0) is 17.6. The Morgan fingerprint density at radius 1 is 0.808 bits per heavy atom. The molecule has 3 aromatic rings. The fourth-order valence-electron chi connectivity index (χ4n) is 3.44. The van der Waals surface area contributed by atoms with E-state index in [0.29, 0.717) is 0 Å². The normalized spacial score (nSPS) is 13.2. The Morgan fingerprint density at radius 3 is 2.38 bits per heavy atom. The minimum Gasteiger partial charge on any atom is -0.457 e. The lowest BCUT2D eigenvalue weighted by Gasteiger charge is -2.31. The third-order valence-corrected chi connectivity index (χ3v) is 4.75. The summed E-state index contributed by atoms with van der Waals surface area (Å²) in [6.07, 6.45) is 2.44. The van der Waals surface area contributed by atoms with Crippen molar-refractivity contribution in [1.82, 2.24) is 0 Å². The Bertz CT molecular complexity index is 830. The SMILES string of the molecule is c1ccc(Oc2ccc(NCCN3CCCc4ccccc43)cc2)cc1. The number of rotatable bonds is 6. The maximum absolute atomic E-state index is 5.84. The molecule has 0 bridgehead atoms. The number of anilines is 2. The largest absolute Gasteiger partial charge is 0.457 e. The quantitative estimate of drug-likeness (QED) is 0.653. The Morgan fingerprint density at radius 2 is 1.54 bits per heavy atom. The summed E-state index contributed by atoms with van der Waals surface area (Å²) in [6, 6.07) is 26.8. The van der Waals surface area contributed by atoms with Crippen molar-refractivity contribution in [3.05, 3.63) is 84.4 Å². The molecule has 0 aliphatic carbocycles. The van der Waals surface area contributed by atoms with Crippen molar-refractivity contribution in [2.75, 3.05) is 29.9 Å². The van der Waals surface area contributed by atoms with Gasteiger partial charge in [-0.2, -0.15) is 0 Å². The number of hydrogen-bond acceptors (Lipinski definition) is 3. The summed E-state index contributed by atoms with van der Waals surface area (Å²) >= 11 is 0. The number of para-hydroxylation sites is 2. The van der Waals surface area contributed by atoms with Crippen LogP contribution in [0.4, 0.5) is 11.4 Å². The van der Waals surface area contributed by atoms with E-state index in [9.17, 15) is 0 Å². The van der Waals surface area contributed by atoms with Gasteiger partial charge in [0.2, 0.25) is 0 Å². The lowest BCUT2D eigenvalue weighted by Crippen LogP contribution is -2.33. The predicted octanol–water partition coefficient (Wildman–Crippen LogP) is 5.34. The summed E-state index contributed by atoms with van der Waals surface area (Å²) in [7, 11) is 0. The zero-order valence-electron chi connectivity index (χ0n) is 14.9. The predicted molar refractivity (Wildman–Crippen MR) is 108 cm³/mol. The Balaban J connectivity index is 1.30. The van der Waals surface area contributed by atoms with Crippen LogP contribution in [0.3, 0.4) is 0 Å². The van der Waals surface area contributed by atoms with Crippen LogP contribution in [0.1, 0.15) is 12.0 Å². The Kier molecular flexibility index (Phi) is 5.06. The highest BCUT2D eigenvalue weighted by Crippen LogP contribution is 2.26. The van der Waals surface area contributed by atoms with E-state index in [2.05, 4.69) is 46.6 Å². The molecule has 1 aliphatic heterocycles. The van der Waals surface area contributed by atoms with Gasteiger partial charge >= 0.3 is 0 Å². The third-order valence-electron chi connectivity index (χ3n) is 4.75. The Hall–Kier alpha value is -2.94. The number of fused-ring (bicyclic) bond motifs is 1. The topological polar surface area (TPSA) is 24.5 Å². The molecule has 0 amide bonds. The molecule has 132 valence electrons. The van der Waals surface area contributed by atoms with Crippen LogP contribution in [0.15, 0.2) is 78.9 Å². The van der Waals surface area contributed by atoms with E-state index in [0.717, 1.165) is 36.8 Å². The highest BCUT2D eigenvalue weighted by Gasteiger charge is 2.15. The van der Waals surface area contributed by atoms with Gasteiger partial charge in [0.1, 0.15) is 11.5 Å². The van der Waals surface area contributed by atoms with Gasteiger partial charge in [-0.25, -0.2) is 0 Å². The van der Waals surface area contributed by atoms with Crippen molar-refractivity contribution < 1.29 is 4.74 Å². The van der Waals surface area contributed by atoms with Gasteiger partial charge in [-0.3, -0.25) is 0 Å². The second-order valence-electron chi connectivity index (χ2n) is 6.59. The maximum Gasteiger partial charge on any atom is 0.127 e. The van der Waals surface area contributed by atoms with Crippen molar-refractivity contribution >= 4 is 11.4 Å². The fourth-order valence-corrected chi connectivity index (χ4v) is 3.44. The molecule has 0 fully saturated rings. The van der Waals surface area contributed by atoms with Crippen molar-refractivity contribution in [2.45, 2.75) is 12.8 Å². The number of benzene rings is 3. The number of nitrogens with one attached hydrogen (secondary N) is 1. The van der Waals surface area contributed by atoms with Gasteiger partial charge in [-0.1, -0.05) is 36.4 Å². The molecule has 0 saturated heterocycles. The van der Waals surface area contributed by atoms with Gasteiger partial charge in [-0.05, 0) is 60.9 Å². The number of nitrogens with zero attached hydrogens (tertiary/aromatic N) is 1. The molecule has 3 heteroatoms. The number of ether oxygens (including phenoxy) is 1. The van der Waals surface area contributed by atoms with Crippen LogP contribution < -0.4 is 15.0 Å². The van der Waals surface area contributed by atoms with Crippen molar-refractivity contribution in [3.8, 4) is 11.5 Å². The van der Waals surface area contributed by atoms with Gasteiger partial charge in [0.25, 0.3) is 0 Å². The molecule has 26 heavy (non-hydrogen) atoms. The summed E-state index contributed by atoms with van der Waals surface area (Å²) in [6.45, 7) is 3.08. The molecule has 3 aromatic carbocycles. The monoisotopic (exact) mass is 344 g/mol. The molecule has 3 nitrogen and oxygen atoms in total. The van der Waals surface area contributed by atoms with E-state index < -0.39 is 0 Å². The lowest BCUT2D eigenvalue weighted by molar-refractivity contribution is 0.483. The second kappa shape index (κ2) is 7.96. The highest BCUT2D eigenvalue weighted by molar-refractivity contribution is 5.55. The average molecular weight is 344 g/mol. The van der Waals surface area contributed by atoms with Crippen LogP contribution in [-0.2, 0) is 6.42 Å². The molecule has 1 aliphatic rings. The van der Waals surface area contributed by atoms with Crippen molar-refractivity contribution in [1.29, 1.82) is 0 Å². The third kappa shape index (κ3) is 3.99. The molecule has 0 spiro atoms. The van der Waals surface area contributed by atoms with E-state index in [1.165, 1.54) is 24.1 Å². The first kappa shape index (κ1) is 16.5. The molecule has 1 heterocycles. The van der Waals surface area contributed by atoms with Crippen LogP contribution in [0.25, 0.3) is 0 Å². The molecule has 0 unspecified atom stereocenters. The van der Waals surface area contributed by atoms with Gasteiger partial charge in [0.15, 0.2) is 0 Å². The number of hydrogen-bond donors (Lipinski definition) is 1. The first-order valence-electron chi connectivity index (χ1n) is 9.28. The molecule has 0 atom stereocenters. The van der Waals surface area contributed by atoms with E-state index in [1.807, 2.05) is 42.5 Å². The summed E-state index contributed by atoms with van der Waals surface area (Å²) in [5.41, 5.74) is 3.99. The standard InChI is InChI=1S/C23H24N2O/c1-2-9-21(10-3-1)26-22-14-12-20(13-15-22)24-16-18-25-17-6-8-19-7-4-5-11-23(19)25/h1-5,7,9-15,24H,6,8,16-18H2. The molecular formula is C23H24N2O. The smallest absolute Gasteiger partial charge is 0.127 e. The van der Waals surface area contributed by atoms with E-state index >= 15 is 0 Å². The molecule has 4 rings (SSSR count). The minimum atomic E-state index is 0.853. The molecule has 0 saturated carbocycles. The number of aryl methyl sites for hydroxylation is 1. The van der Waals surface area contributed by atoms with Gasteiger partial charge in [0, 0.05) is 31.0 Å². The highest BCUT2D eigenvalue weighted by atomic mass is 16.5. The van der Waals surface area contributed by atoms with Crippen LogP contribution >= 0.6 is 0 Å². The van der Waals surface area contributed by atoms with E-state index in [4.69, 9.17) is 4.74 Å². The summed E-state index contributed by atoms with van der Waals surface area (Å²) < 4.78 is 5.84. The molecule has 0 radical (unpaired) electrons. The zero-order valence-corrected chi connectivity index (χ0v) is 14.9. The first-order valence-corrected chi connectivity index (χ1v) is 9.28. The lowest BCUT2D eigenvalue weighted by atomic mass is 10.0. The molecular weight excluding hydrogens is 320 g/mol. The molecule has 0 aromatic heterocycles. The average Bonchev–Trinajstić information content (AvgIpc) is 2.70.